The maximum absolute atomic E-state index is 12.1. The van der Waals surface area contributed by atoms with Crippen molar-refractivity contribution >= 4 is 12.0 Å². The fourth-order valence-corrected chi connectivity index (χ4v) is 2.20. The molecule has 0 saturated carbocycles. The highest BCUT2D eigenvalue weighted by Gasteiger charge is 2.14. The van der Waals surface area contributed by atoms with Crippen molar-refractivity contribution in [1.82, 2.24) is 4.90 Å². The molecule has 5 heteroatoms. The summed E-state index contributed by atoms with van der Waals surface area (Å²) in [7, 11) is 1.61. The van der Waals surface area contributed by atoms with E-state index >= 15 is 0 Å². The fourth-order valence-electron chi connectivity index (χ4n) is 2.20. The number of ether oxygens (including phenoxy) is 3. The van der Waals surface area contributed by atoms with E-state index in [4.69, 9.17) is 14.2 Å². The molecule has 120 valence electrons. The van der Waals surface area contributed by atoms with E-state index in [2.05, 4.69) is 0 Å². The molecular weight excluding hydrogens is 282 g/mol. The number of nitrogens with zero attached hydrogens (tertiary/aromatic N) is 1. The van der Waals surface area contributed by atoms with Crippen LogP contribution < -0.4 is 9.47 Å². The molecule has 1 aromatic carbocycles. The topological polar surface area (TPSA) is 48.0 Å². The van der Waals surface area contributed by atoms with E-state index in [1.165, 1.54) is 0 Å². The molecule has 0 radical (unpaired) electrons. The van der Waals surface area contributed by atoms with Crippen molar-refractivity contribution in [1.29, 1.82) is 0 Å². The number of carbonyl (C=O) groups excluding carboxylic acids is 1. The van der Waals surface area contributed by atoms with Gasteiger partial charge in [-0.2, -0.15) is 0 Å². The van der Waals surface area contributed by atoms with Gasteiger partial charge in [0.05, 0.1) is 26.4 Å². The summed E-state index contributed by atoms with van der Waals surface area (Å²) in [6.07, 6.45) is 3.46. The Bertz CT molecular complexity index is 533. The molecule has 1 fully saturated rings. The summed E-state index contributed by atoms with van der Waals surface area (Å²) in [5, 5.41) is 0. The van der Waals surface area contributed by atoms with Crippen LogP contribution in [0.2, 0.25) is 0 Å². The standard InChI is InChI=1S/C17H23NO4/c1-13(2)22-15-6-4-14(12-16(15)20-3)5-7-17(19)18-8-10-21-11-9-18/h4-7,12-13H,8-11H2,1-3H3/b7-5+. The second kappa shape index (κ2) is 7.84. The SMILES string of the molecule is COc1cc(/C=C/C(=O)N2CCOCC2)ccc1OC(C)C. The van der Waals surface area contributed by atoms with Crippen LogP contribution in [-0.2, 0) is 9.53 Å². The van der Waals surface area contributed by atoms with Crippen molar-refractivity contribution in [3.63, 3.8) is 0 Å². The van der Waals surface area contributed by atoms with Gasteiger partial charge in [-0.15, -0.1) is 0 Å². The molecule has 0 bridgehead atoms. The van der Waals surface area contributed by atoms with Gasteiger partial charge in [-0.3, -0.25) is 4.79 Å². The zero-order chi connectivity index (χ0) is 15.9. The molecule has 0 aromatic heterocycles. The van der Waals surface area contributed by atoms with Crippen LogP contribution in [-0.4, -0.2) is 50.3 Å². The van der Waals surface area contributed by atoms with E-state index in [1.54, 1.807) is 24.2 Å². The Balaban J connectivity index is 2.05. The highest BCUT2D eigenvalue weighted by molar-refractivity contribution is 5.91. The van der Waals surface area contributed by atoms with Crippen LogP contribution in [0.4, 0.5) is 0 Å². The minimum absolute atomic E-state index is 0.00442. The largest absolute Gasteiger partial charge is 0.493 e. The van der Waals surface area contributed by atoms with Gasteiger partial charge in [-0.1, -0.05) is 6.07 Å². The smallest absolute Gasteiger partial charge is 0.246 e. The summed E-state index contributed by atoms with van der Waals surface area (Å²) in [6.45, 7) is 6.44. The van der Waals surface area contributed by atoms with Gasteiger partial charge in [0.25, 0.3) is 0 Å². The summed E-state index contributed by atoms with van der Waals surface area (Å²) < 4.78 is 16.3. The molecule has 5 nitrogen and oxygen atoms in total. The molecule has 0 N–H and O–H groups in total. The van der Waals surface area contributed by atoms with E-state index in [1.807, 2.05) is 32.0 Å². The third-order valence-corrected chi connectivity index (χ3v) is 3.29. The Labute approximate surface area is 131 Å². The van der Waals surface area contributed by atoms with Crippen LogP contribution in [0.3, 0.4) is 0 Å². The highest BCUT2D eigenvalue weighted by atomic mass is 16.5. The van der Waals surface area contributed by atoms with Crippen LogP contribution in [0, 0.1) is 0 Å². The lowest BCUT2D eigenvalue weighted by Crippen LogP contribution is -2.39. The zero-order valence-electron chi connectivity index (χ0n) is 13.4. The molecule has 0 spiro atoms. The van der Waals surface area contributed by atoms with E-state index in [0.29, 0.717) is 37.8 Å². The lowest BCUT2D eigenvalue weighted by atomic mass is 10.2. The summed E-state index contributed by atoms with van der Waals surface area (Å²) in [4.78, 5) is 13.9. The predicted octanol–water partition coefficient (Wildman–Crippen LogP) is 2.35. The number of hydrogen-bond acceptors (Lipinski definition) is 4. The average molecular weight is 305 g/mol. The Hall–Kier alpha value is -2.01. The lowest BCUT2D eigenvalue weighted by Gasteiger charge is -2.25. The van der Waals surface area contributed by atoms with Gasteiger partial charge in [-0.25, -0.2) is 0 Å². The second-order valence-corrected chi connectivity index (χ2v) is 5.35. The van der Waals surface area contributed by atoms with Crippen molar-refractivity contribution in [3.05, 3.63) is 29.8 Å². The first-order valence-electron chi connectivity index (χ1n) is 7.49. The number of hydrogen-bond donors (Lipinski definition) is 0. The van der Waals surface area contributed by atoms with Gasteiger partial charge in [0.1, 0.15) is 0 Å². The molecule has 1 aliphatic heterocycles. The molecule has 22 heavy (non-hydrogen) atoms. The summed E-state index contributed by atoms with van der Waals surface area (Å²) in [6, 6.07) is 5.63. The molecule has 1 aromatic rings. The number of rotatable bonds is 5. The van der Waals surface area contributed by atoms with E-state index in [0.717, 1.165) is 5.56 Å². The Morgan fingerprint density at radius 2 is 2.00 bits per heavy atom. The van der Waals surface area contributed by atoms with Crippen LogP contribution in [0.15, 0.2) is 24.3 Å². The first kappa shape index (κ1) is 16.4. The molecule has 1 amide bonds. The van der Waals surface area contributed by atoms with Gasteiger partial charge in [0.2, 0.25) is 5.91 Å². The number of benzene rings is 1. The second-order valence-electron chi connectivity index (χ2n) is 5.35. The van der Waals surface area contributed by atoms with Gasteiger partial charge in [0, 0.05) is 19.2 Å². The normalized spacial score (nSPS) is 15.4. The first-order valence-corrected chi connectivity index (χ1v) is 7.49. The van der Waals surface area contributed by atoms with Crippen LogP contribution in [0.1, 0.15) is 19.4 Å². The fraction of sp³-hybridized carbons (Fsp3) is 0.471. The highest BCUT2D eigenvalue weighted by Crippen LogP contribution is 2.29. The number of morpholine rings is 1. The third kappa shape index (κ3) is 4.49. The third-order valence-electron chi connectivity index (χ3n) is 3.29. The lowest BCUT2D eigenvalue weighted by molar-refractivity contribution is -0.129. The van der Waals surface area contributed by atoms with Gasteiger partial charge in [-0.05, 0) is 37.6 Å². The maximum Gasteiger partial charge on any atom is 0.246 e. The van der Waals surface area contributed by atoms with Gasteiger partial charge in [0.15, 0.2) is 11.5 Å². The monoisotopic (exact) mass is 305 g/mol. The predicted molar refractivity (Wildman–Crippen MR) is 85.2 cm³/mol. The quantitative estimate of drug-likeness (QED) is 0.784. The van der Waals surface area contributed by atoms with E-state index in [9.17, 15) is 4.79 Å². The minimum Gasteiger partial charge on any atom is -0.493 e. The molecule has 0 atom stereocenters. The molecule has 0 unspecified atom stereocenters. The zero-order valence-corrected chi connectivity index (χ0v) is 13.4. The Morgan fingerprint density at radius 1 is 1.27 bits per heavy atom. The molecule has 2 rings (SSSR count). The van der Waals surface area contributed by atoms with E-state index < -0.39 is 0 Å². The molecule has 1 heterocycles. The Kier molecular flexibility index (Phi) is 5.83. The van der Waals surface area contributed by atoms with Gasteiger partial charge >= 0.3 is 0 Å². The summed E-state index contributed by atoms with van der Waals surface area (Å²) >= 11 is 0. The number of amides is 1. The average Bonchev–Trinajstić information content (AvgIpc) is 2.54. The van der Waals surface area contributed by atoms with Crippen LogP contribution in [0.25, 0.3) is 6.08 Å². The van der Waals surface area contributed by atoms with Crippen molar-refractivity contribution < 1.29 is 19.0 Å². The number of carbonyl (C=O) groups is 1. The molecule has 1 aliphatic rings. The van der Waals surface area contributed by atoms with E-state index in [-0.39, 0.29) is 12.0 Å². The maximum atomic E-state index is 12.1. The Morgan fingerprint density at radius 3 is 2.64 bits per heavy atom. The molecular formula is C17H23NO4. The minimum atomic E-state index is 0.00442. The molecule has 1 saturated heterocycles. The van der Waals surface area contributed by atoms with Crippen molar-refractivity contribution in [2.45, 2.75) is 20.0 Å². The summed E-state index contributed by atoms with van der Waals surface area (Å²) in [5.41, 5.74) is 0.898. The summed E-state index contributed by atoms with van der Waals surface area (Å²) in [5.74, 6) is 1.37. The number of methoxy groups -OCH3 is 1. The van der Waals surface area contributed by atoms with Crippen LogP contribution >= 0.6 is 0 Å². The van der Waals surface area contributed by atoms with Crippen molar-refractivity contribution in [3.8, 4) is 11.5 Å². The first-order chi connectivity index (χ1) is 10.6. The van der Waals surface area contributed by atoms with Crippen molar-refractivity contribution in [2.24, 2.45) is 0 Å². The van der Waals surface area contributed by atoms with Crippen LogP contribution in [0.5, 0.6) is 11.5 Å². The molecule has 0 aliphatic carbocycles. The van der Waals surface area contributed by atoms with Crippen molar-refractivity contribution in [2.75, 3.05) is 33.4 Å². The van der Waals surface area contributed by atoms with Gasteiger partial charge < -0.3 is 19.1 Å².